The largest absolute Gasteiger partial charge is 0.444 e. The molecule has 1 saturated heterocycles. The second kappa shape index (κ2) is 7.46. The van der Waals surface area contributed by atoms with Gasteiger partial charge in [0.2, 0.25) is 5.82 Å². The maximum Gasteiger partial charge on any atom is 0.407 e. The van der Waals surface area contributed by atoms with Gasteiger partial charge < -0.3 is 15.0 Å². The summed E-state index contributed by atoms with van der Waals surface area (Å²) in [6.45, 7) is 6.45. The first-order chi connectivity index (χ1) is 11.3. The molecule has 132 valence electrons. The van der Waals surface area contributed by atoms with Gasteiger partial charge in [-0.2, -0.15) is 0 Å². The number of carbonyl (C=O) groups is 1. The number of pyridine rings is 1. The zero-order chi connectivity index (χ0) is 17.7. The standard InChI is InChI=1S/C16H24N4O4/c1-16(2,3)24-15(21)18-11-12-7-4-5-10-19(12)14-13(20(22)23)8-6-9-17-14/h6,8-9,12H,4-5,7,10-11H2,1-3H3,(H,18,21)/t12-/m0/s1. The number of nitro groups is 1. The number of hydrogen-bond acceptors (Lipinski definition) is 6. The van der Waals surface area contributed by atoms with Gasteiger partial charge >= 0.3 is 11.8 Å². The minimum Gasteiger partial charge on any atom is -0.444 e. The number of nitrogens with one attached hydrogen (secondary N) is 1. The van der Waals surface area contributed by atoms with Gasteiger partial charge in [-0.05, 0) is 46.1 Å². The Labute approximate surface area is 141 Å². The summed E-state index contributed by atoms with van der Waals surface area (Å²) in [7, 11) is 0. The average molecular weight is 336 g/mol. The van der Waals surface area contributed by atoms with E-state index in [4.69, 9.17) is 4.74 Å². The lowest BCUT2D eigenvalue weighted by Crippen LogP contribution is -2.48. The van der Waals surface area contributed by atoms with Crippen molar-refractivity contribution in [2.24, 2.45) is 0 Å². The van der Waals surface area contributed by atoms with Crippen LogP contribution in [-0.2, 0) is 4.74 Å². The molecular weight excluding hydrogens is 312 g/mol. The summed E-state index contributed by atoms with van der Waals surface area (Å²) >= 11 is 0. The van der Waals surface area contributed by atoms with Crippen LogP contribution in [0, 0.1) is 10.1 Å². The zero-order valence-corrected chi connectivity index (χ0v) is 14.3. The predicted octanol–water partition coefficient (Wildman–Crippen LogP) is 2.87. The van der Waals surface area contributed by atoms with Gasteiger partial charge in [0, 0.05) is 31.4 Å². The highest BCUT2D eigenvalue weighted by Crippen LogP contribution is 2.30. The van der Waals surface area contributed by atoms with Crippen LogP contribution < -0.4 is 10.2 Å². The Bertz CT molecular complexity index is 600. The summed E-state index contributed by atoms with van der Waals surface area (Å²) in [5, 5.41) is 14.0. The lowest BCUT2D eigenvalue weighted by Gasteiger charge is -2.36. The molecule has 0 bridgehead atoms. The molecule has 1 atom stereocenters. The van der Waals surface area contributed by atoms with Crippen LogP contribution in [0.25, 0.3) is 0 Å². The fraction of sp³-hybridized carbons (Fsp3) is 0.625. The first-order valence-electron chi connectivity index (χ1n) is 8.11. The van der Waals surface area contributed by atoms with E-state index in [1.807, 2.05) is 4.90 Å². The van der Waals surface area contributed by atoms with E-state index < -0.39 is 16.6 Å². The van der Waals surface area contributed by atoms with Crippen LogP contribution in [-0.4, -0.2) is 40.7 Å². The van der Waals surface area contributed by atoms with E-state index >= 15 is 0 Å². The SMILES string of the molecule is CC(C)(C)OC(=O)NC[C@@H]1CCCCN1c1ncccc1[N+](=O)[O-]. The Hall–Kier alpha value is -2.38. The molecule has 8 nitrogen and oxygen atoms in total. The number of ether oxygens (including phenoxy) is 1. The third kappa shape index (κ3) is 4.81. The van der Waals surface area contributed by atoms with Crippen LogP contribution in [0.2, 0.25) is 0 Å². The maximum atomic E-state index is 11.8. The van der Waals surface area contributed by atoms with Crippen LogP contribution in [0.4, 0.5) is 16.3 Å². The third-order valence-corrected chi connectivity index (χ3v) is 3.74. The monoisotopic (exact) mass is 336 g/mol. The summed E-state index contributed by atoms with van der Waals surface area (Å²) in [5.74, 6) is 0.359. The van der Waals surface area contributed by atoms with Crippen molar-refractivity contribution >= 4 is 17.6 Å². The summed E-state index contributed by atoms with van der Waals surface area (Å²) < 4.78 is 5.24. The molecule has 1 aromatic heterocycles. The number of anilines is 1. The molecule has 1 fully saturated rings. The van der Waals surface area contributed by atoms with E-state index in [1.54, 1.807) is 33.0 Å². The Morgan fingerprint density at radius 2 is 2.25 bits per heavy atom. The molecule has 0 spiro atoms. The Balaban J connectivity index is 2.09. The number of alkyl carbamates (subject to hydrolysis) is 1. The summed E-state index contributed by atoms with van der Waals surface area (Å²) in [5.41, 5.74) is -0.572. The lowest BCUT2D eigenvalue weighted by molar-refractivity contribution is -0.384. The highest BCUT2D eigenvalue weighted by Gasteiger charge is 2.29. The smallest absolute Gasteiger partial charge is 0.407 e. The highest BCUT2D eigenvalue weighted by molar-refractivity contribution is 5.68. The summed E-state index contributed by atoms with van der Waals surface area (Å²) in [6, 6.07) is 2.97. The van der Waals surface area contributed by atoms with Crippen molar-refractivity contribution in [2.75, 3.05) is 18.0 Å². The number of hydrogen-bond donors (Lipinski definition) is 1. The molecule has 1 aromatic rings. The van der Waals surface area contributed by atoms with Crippen LogP contribution in [0.5, 0.6) is 0 Å². The van der Waals surface area contributed by atoms with Gasteiger partial charge in [0.15, 0.2) is 0 Å². The van der Waals surface area contributed by atoms with Gasteiger partial charge in [-0.15, -0.1) is 0 Å². The van der Waals surface area contributed by atoms with Crippen LogP contribution in [0.15, 0.2) is 18.3 Å². The van der Waals surface area contributed by atoms with Crippen molar-refractivity contribution in [3.8, 4) is 0 Å². The van der Waals surface area contributed by atoms with E-state index in [9.17, 15) is 14.9 Å². The fourth-order valence-electron chi connectivity index (χ4n) is 2.76. The number of amides is 1. The van der Waals surface area contributed by atoms with Gasteiger partial charge in [0.1, 0.15) is 5.60 Å². The first kappa shape index (κ1) is 18.0. The number of carbonyl (C=O) groups excluding carboxylic acids is 1. The van der Waals surface area contributed by atoms with E-state index in [0.29, 0.717) is 18.9 Å². The molecule has 0 aliphatic carbocycles. The van der Waals surface area contributed by atoms with Crippen molar-refractivity contribution in [2.45, 2.75) is 51.7 Å². The molecule has 0 unspecified atom stereocenters. The van der Waals surface area contributed by atoms with Crippen LogP contribution >= 0.6 is 0 Å². The second-order valence-electron chi connectivity index (χ2n) is 6.83. The summed E-state index contributed by atoms with van der Waals surface area (Å²) in [6.07, 6.45) is 3.86. The minimum absolute atomic E-state index is 0.0123. The topological polar surface area (TPSA) is 97.6 Å². The molecular formula is C16H24N4O4. The Morgan fingerprint density at radius 3 is 2.92 bits per heavy atom. The van der Waals surface area contributed by atoms with Gasteiger partial charge in [-0.1, -0.05) is 0 Å². The van der Waals surface area contributed by atoms with Crippen LogP contribution in [0.3, 0.4) is 0 Å². The molecule has 1 aliphatic rings. The number of aromatic nitrogens is 1. The molecule has 24 heavy (non-hydrogen) atoms. The first-order valence-corrected chi connectivity index (χ1v) is 8.11. The predicted molar refractivity (Wildman–Crippen MR) is 90.1 cm³/mol. The third-order valence-electron chi connectivity index (χ3n) is 3.74. The molecule has 0 radical (unpaired) electrons. The van der Waals surface area contributed by atoms with Crippen LogP contribution in [0.1, 0.15) is 40.0 Å². The Kier molecular flexibility index (Phi) is 5.58. The molecule has 8 heteroatoms. The maximum absolute atomic E-state index is 11.8. The van der Waals surface area contributed by atoms with E-state index in [1.165, 1.54) is 6.07 Å². The van der Waals surface area contributed by atoms with Gasteiger partial charge in [0.25, 0.3) is 0 Å². The molecule has 1 amide bonds. The van der Waals surface area contributed by atoms with E-state index in [0.717, 1.165) is 19.3 Å². The van der Waals surface area contributed by atoms with Crippen molar-refractivity contribution < 1.29 is 14.5 Å². The second-order valence-corrected chi connectivity index (χ2v) is 6.83. The normalized spacial score (nSPS) is 18.1. The molecule has 1 N–H and O–H groups in total. The molecule has 0 aromatic carbocycles. The Morgan fingerprint density at radius 1 is 1.50 bits per heavy atom. The van der Waals surface area contributed by atoms with Gasteiger partial charge in [0.05, 0.1) is 4.92 Å². The molecule has 2 heterocycles. The van der Waals surface area contributed by atoms with Gasteiger partial charge in [-0.3, -0.25) is 10.1 Å². The number of nitrogens with zero attached hydrogens (tertiary/aromatic N) is 3. The number of rotatable bonds is 4. The zero-order valence-electron chi connectivity index (χ0n) is 14.3. The van der Waals surface area contributed by atoms with E-state index in [2.05, 4.69) is 10.3 Å². The van der Waals surface area contributed by atoms with Crippen molar-refractivity contribution in [1.29, 1.82) is 0 Å². The average Bonchev–Trinajstić information content (AvgIpc) is 2.51. The highest BCUT2D eigenvalue weighted by atomic mass is 16.6. The van der Waals surface area contributed by atoms with Crippen molar-refractivity contribution in [3.05, 3.63) is 28.4 Å². The minimum atomic E-state index is -0.559. The van der Waals surface area contributed by atoms with Crippen molar-refractivity contribution in [1.82, 2.24) is 10.3 Å². The molecule has 2 rings (SSSR count). The van der Waals surface area contributed by atoms with Gasteiger partial charge in [-0.25, -0.2) is 9.78 Å². The van der Waals surface area contributed by atoms with E-state index in [-0.39, 0.29) is 11.7 Å². The van der Waals surface area contributed by atoms with Crippen molar-refractivity contribution in [3.63, 3.8) is 0 Å². The number of piperidine rings is 1. The fourth-order valence-corrected chi connectivity index (χ4v) is 2.76. The quantitative estimate of drug-likeness (QED) is 0.670. The molecule has 0 saturated carbocycles. The molecule has 1 aliphatic heterocycles. The summed E-state index contributed by atoms with van der Waals surface area (Å²) in [4.78, 5) is 28.8. The lowest BCUT2D eigenvalue weighted by atomic mass is 10.0.